The van der Waals surface area contributed by atoms with Gasteiger partial charge >= 0.3 is 0 Å². The van der Waals surface area contributed by atoms with Gasteiger partial charge < -0.3 is 14.8 Å². The highest BCUT2D eigenvalue weighted by atomic mass is 35.5. The van der Waals surface area contributed by atoms with Crippen LogP contribution in [0.25, 0.3) is 6.08 Å². The van der Waals surface area contributed by atoms with Crippen molar-refractivity contribution < 1.29 is 19.2 Å². The van der Waals surface area contributed by atoms with Gasteiger partial charge in [0.2, 0.25) is 0 Å². The summed E-state index contributed by atoms with van der Waals surface area (Å²) in [4.78, 5) is 22.9. The molecule has 33 heavy (non-hydrogen) atoms. The minimum Gasteiger partial charge on any atom is -0.493 e. The fourth-order valence-corrected chi connectivity index (χ4v) is 3.07. The lowest BCUT2D eigenvalue weighted by atomic mass is 10.1. The first-order valence-electron chi connectivity index (χ1n) is 9.63. The number of nitro groups is 1. The van der Waals surface area contributed by atoms with E-state index in [4.69, 9.17) is 21.1 Å². The number of nitro benzene ring substituents is 1. The van der Waals surface area contributed by atoms with Gasteiger partial charge in [0.25, 0.3) is 11.6 Å². The first kappa shape index (κ1) is 23.3. The van der Waals surface area contributed by atoms with Crippen LogP contribution < -0.4 is 14.8 Å². The molecule has 0 bridgehead atoms. The van der Waals surface area contributed by atoms with Crippen LogP contribution in [-0.2, 0) is 11.4 Å². The Morgan fingerprint density at radius 3 is 2.64 bits per heavy atom. The summed E-state index contributed by atoms with van der Waals surface area (Å²) in [5, 5.41) is 23.5. The normalized spacial score (nSPS) is 10.8. The van der Waals surface area contributed by atoms with Crippen LogP contribution in [0, 0.1) is 21.4 Å². The number of methoxy groups -OCH3 is 1. The van der Waals surface area contributed by atoms with Crippen molar-refractivity contribution in [2.45, 2.75) is 6.61 Å². The molecule has 3 rings (SSSR count). The van der Waals surface area contributed by atoms with Gasteiger partial charge in [-0.05, 0) is 35.9 Å². The molecule has 0 radical (unpaired) electrons. The number of amides is 1. The van der Waals surface area contributed by atoms with Crippen molar-refractivity contribution in [1.82, 2.24) is 0 Å². The maximum absolute atomic E-state index is 12.5. The zero-order valence-corrected chi connectivity index (χ0v) is 18.2. The highest BCUT2D eigenvalue weighted by molar-refractivity contribution is 6.31. The first-order chi connectivity index (χ1) is 15.9. The third-order valence-corrected chi connectivity index (χ3v) is 4.89. The van der Waals surface area contributed by atoms with Crippen molar-refractivity contribution in [1.29, 1.82) is 5.26 Å². The molecule has 0 atom stereocenters. The number of hydrogen-bond donors (Lipinski definition) is 1. The third-order valence-electron chi connectivity index (χ3n) is 4.52. The van der Waals surface area contributed by atoms with E-state index in [-0.39, 0.29) is 23.6 Å². The number of benzene rings is 3. The smallest absolute Gasteiger partial charge is 0.271 e. The Hall–Kier alpha value is -4.35. The van der Waals surface area contributed by atoms with Crippen LogP contribution in [0.15, 0.2) is 72.3 Å². The van der Waals surface area contributed by atoms with E-state index in [9.17, 15) is 20.2 Å². The summed E-state index contributed by atoms with van der Waals surface area (Å²) in [6.07, 6.45) is 1.38. The zero-order chi connectivity index (χ0) is 23.8. The van der Waals surface area contributed by atoms with Gasteiger partial charge in [-0.2, -0.15) is 5.26 Å². The van der Waals surface area contributed by atoms with Crippen LogP contribution in [0.4, 0.5) is 11.4 Å². The third kappa shape index (κ3) is 6.09. The number of non-ortho nitro benzene ring substituents is 1. The fraction of sp³-hybridized carbons (Fsp3) is 0.0833. The van der Waals surface area contributed by atoms with Crippen molar-refractivity contribution >= 4 is 35.0 Å². The Balaban J connectivity index is 1.81. The summed E-state index contributed by atoms with van der Waals surface area (Å²) in [6.45, 7) is 0.196. The average Bonchev–Trinajstić information content (AvgIpc) is 2.82. The second kappa shape index (κ2) is 10.8. The second-order valence-corrected chi connectivity index (χ2v) is 7.13. The van der Waals surface area contributed by atoms with Gasteiger partial charge in [0.15, 0.2) is 11.5 Å². The predicted molar refractivity (Wildman–Crippen MR) is 124 cm³/mol. The van der Waals surface area contributed by atoms with Crippen LogP contribution in [0.5, 0.6) is 11.5 Å². The Bertz CT molecular complexity index is 1270. The number of carbonyl (C=O) groups is 1. The quantitative estimate of drug-likeness (QED) is 0.207. The zero-order valence-electron chi connectivity index (χ0n) is 17.4. The van der Waals surface area contributed by atoms with Gasteiger partial charge in [-0.15, -0.1) is 0 Å². The first-order valence-corrected chi connectivity index (χ1v) is 10.0. The molecule has 166 valence electrons. The molecule has 0 aliphatic carbocycles. The van der Waals surface area contributed by atoms with Gasteiger partial charge in [0, 0.05) is 28.4 Å². The van der Waals surface area contributed by atoms with Crippen molar-refractivity contribution in [2.24, 2.45) is 0 Å². The van der Waals surface area contributed by atoms with E-state index in [1.54, 1.807) is 24.3 Å². The van der Waals surface area contributed by atoms with Crippen LogP contribution in [0.3, 0.4) is 0 Å². The van der Waals surface area contributed by atoms with Gasteiger partial charge in [-0.1, -0.05) is 41.9 Å². The summed E-state index contributed by atoms with van der Waals surface area (Å²) in [7, 11) is 1.50. The largest absolute Gasteiger partial charge is 0.493 e. The van der Waals surface area contributed by atoms with Crippen LogP contribution in [0.1, 0.15) is 11.1 Å². The van der Waals surface area contributed by atoms with E-state index in [0.29, 0.717) is 22.1 Å². The highest BCUT2D eigenvalue weighted by Crippen LogP contribution is 2.30. The van der Waals surface area contributed by atoms with Crippen LogP contribution in [-0.4, -0.2) is 17.9 Å². The fourth-order valence-electron chi connectivity index (χ4n) is 2.88. The monoisotopic (exact) mass is 463 g/mol. The van der Waals surface area contributed by atoms with E-state index in [1.807, 2.05) is 24.3 Å². The van der Waals surface area contributed by atoms with Gasteiger partial charge in [-0.25, -0.2) is 0 Å². The maximum Gasteiger partial charge on any atom is 0.271 e. The molecule has 0 aliphatic heterocycles. The molecule has 3 aromatic rings. The molecule has 0 aliphatic rings. The van der Waals surface area contributed by atoms with Crippen molar-refractivity contribution in [3.05, 3.63) is 98.6 Å². The molecule has 0 saturated carbocycles. The SMILES string of the molecule is COc1ccc(/C=C(\C#N)C(=O)Nc2cccc([N+](=O)[O-])c2)cc1OCc1ccccc1Cl. The maximum atomic E-state index is 12.5. The number of hydrogen-bond acceptors (Lipinski definition) is 6. The topological polar surface area (TPSA) is 114 Å². The number of nitrogens with zero attached hydrogens (tertiary/aromatic N) is 2. The Labute approximate surface area is 194 Å². The summed E-state index contributed by atoms with van der Waals surface area (Å²) >= 11 is 6.17. The molecule has 3 aromatic carbocycles. The lowest BCUT2D eigenvalue weighted by Gasteiger charge is -2.12. The van der Waals surface area contributed by atoms with E-state index in [2.05, 4.69) is 5.32 Å². The summed E-state index contributed by atoms with van der Waals surface area (Å²) in [6, 6.07) is 19.5. The molecule has 9 heteroatoms. The van der Waals surface area contributed by atoms with Gasteiger partial charge in [-0.3, -0.25) is 14.9 Å². The van der Waals surface area contributed by atoms with Crippen molar-refractivity contribution in [2.75, 3.05) is 12.4 Å². The van der Waals surface area contributed by atoms with Crippen molar-refractivity contribution in [3.8, 4) is 17.6 Å². The summed E-state index contributed by atoms with van der Waals surface area (Å²) in [5.74, 6) is 0.175. The molecule has 0 saturated heterocycles. The van der Waals surface area contributed by atoms with E-state index >= 15 is 0 Å². The number of carbonyl (C=O) groups excluding carboxylic acids is 1. The summed E-state index contributed by atoms with van der Waals surface area (Å²) < 4.78 is 11.2. The molecule has 0 aromatic heterocycles. The van der Waals surface area contributed by atoms with Crippen LogP contribution >= 0.6 is 11.6 Å². The number of anilines is 1. The van der Waals surface area contributed by atoms with Gasteiger partial charge in [0.1, 0.15) is 18.2 Å². The standard InChI is InChI=1S/C24H18ClN3O5/c1-32-22-10-9-16(12-23(22)33-15-17-5-2-3-8-21(17)25)11-18(14-26)24(29)27-19-6-4-7-20(13-19)28(30)31/h2-13H,15H2,1H3,(H,27,29)/b18-11+. The van der Waals surface area contributed by atoms with Crippen LogP contribution in [0.2, 0.25) is 5.02 Å². The molecular formula is C24H18ClN3O5. The number of ether oxygens (including phenoxy) is 2. The molecule has 1 N–H and O–H groups in total. The molecule has 0 spiro atoms. The predicted octanol–water partition coefficient (Wildman–Crippen LogP) is 5.38. The Kier molecular flexibility index (Phi) is 7.63. The van der Waals surface area contributed by atoms with E-state index < -0.39 is 10.8 Å². The number of nitrogens with one attached hydrogen (secondary N) is 1. The molecule has 0 unspecified atom stereocenters. The minimum atomic E-state index is -0.702. The average molecular weight is 464 g/mol. The number of nitriles is 1. The second-order valence-electron chi connectivity index (χ2n) is 6.72. The molecule has 0 heterocycles. The lowest BCUT2D eigenvalue weighted by Crippen LogP contribution is -2.13. The molecular weight excluding hydrogens is 446 g/mol. The number of rotatable bonds is 8. The van der Waals surface area contributed by atoms with Gasteiger partial charge in [0.05, 0.1) is 12.0 Å². The van der Waals surface area contributed by atoms with E-state index in [1.165, 1.54) is 37.5 Å². The molecule has 0 fully saturated rings. The molecule has 8 nitrogen and oxygen atoms in total. The minimum absolute atomic E-state index is 0.175. The van der Waals surface area contributed by atoms with Crippen molar-refractivity contribution in [3.63, 3.8) is 0 Å². The summed E-state index contributed by atoms with van der Waals surface area (Å²) in [5.41, 5.74) is 1.15. The van der Waals surface area contributed by atoms with E-state index in [0.717, 1.165) is 5.56 Å². The highest BCUT2D eigenvalue weighted by Gasteiger charge is 2.13. The lowest BCUT2D eigenvalue weighted by molar-refractivity contribution is -0.384. The Morgan fingerprint density at radius 1 is 1.15 bits per heavy atom. The number of halogens is 1. The molecule has 1 amide bonds. The Morgan fingerprint density at radius 2 is 1.94 bits per heavy atom.